The molecule has 3 rings (SSSR count). The number of hydrogen-bond acceptors (Lipinski definition) is 4. The predicted molar refractivity (Wildman–Crippen MR) is 78.6 cm³/mol. The number of aryl methyl sites for hydroxylation is 2. The third kappa shape index (κ3) is 2.26. The predicted octanol–water partition coefficient (Wildman–Crippen LogP) is 2.72. The molecule has 0 saturated carbocycles. The molecule has 0 radical (unpaired) electrons. The Morgan fingerprint density at radius 1 is 0.895 bits per heavy atom. The second kappa shape index (κ2) is 4.88. The quantitative estimate of drug-likeness (QED) is 0.884. The Morgan fingerprint density at radius 2 is 1.58 bits per heavy atom. The maximum Gasteiger partial charge on any atom is 0.163 e. The Morgan fingerprint density at radius 3 is 2.26 bits per heavy atom. The highest BCUT2D eigenvalue weighted by Crippen LogP contribution is 2.27. The minimum absolute atomic E-state index is 0.769. The third-order valence-electron chi connectivity index (χ3n) is 3.60. The molecule has 2 aromatic rings. The summed E-state index contributed by atoms with van der Waals surface area (Å²) in [6, 6.07) is 8.47. The van der Waals surface area contributed by atoms with Gasteiger partial charge < -0.3 is 10.6 Å². The van der Waals surface area contributed by atoms with Gasteiger partial charge in [-0.05, 0) is 36.5 Å². The lowest BCUT2D eigenvalue weighted by molar-refractivity contribution is 0.912. The number of aromatic nitrogens is 2. The first-order valence-electron chi connectivity index (χ1n) is 6.67. The van der Waals surface area contributed by atoms with Crippen molar-refractivity contribution in [3.05, 3.63) is 35.4 Å². The summed E-state index contributed by atoms with van der Waals surface area (Å²) in [5.41, 5.74) is 4.01. The summed E-state index contributed by atoms with van der Waals surface area (Å²) in [6.07, 6.45) is 3.64. The maximum absolute atomic E-state index is 4.53. The fourth-order valence-corrected chi connectivity index (χ4v) is 2.54. The molecule has 19 heavy (non-hydrogen) atoms. The van der Waals surface area contributed by atoms with Crippen molar-refractivity contribution < 1.29 is 0 Å². The lowest BCUT2D eigenvalue weighted by atomic mass is 10.1. The van der Waals surface area contributed by atoms with Crippen LogP contribution in [0.1, 0.15) is 17.5 Å². The molecule has 1 aromatic carbocycles. The molecule has 0 spiro atoms. The summed E-state index contributed by atoms with van der Waals surface area (Å²) in [5, 5.41) is 6.15. The first-order chi connectivity index (χ1) is 9.30. The van der Waals surface area contributed by atoms with Gasteiger partial charge in [0.15, 0.2) is 5.82 Å². The van der Waals surface area contributed by atoms with Crippen molar-refractivity contribution in [1.82, 2.24) is 9.97 Å². The van der Waals surface area contributed by atoms with Crippen LogP contribution >= 0.6 is 0 Å². The molecule has 0 fully saturated rings. The van der Waals surface area contributed by atoms with E-state index >= 15 is 0 Å². The second-order valence-corrected chi connectivity index (χ2v) is 4.80. The van der Waals surface area contributed by atoms with E-state index in [-0.39, 0.29) is 0 Å². The Bertz CT molecular complexity index is 585. The van der Waals surface area contributed by atoms with Crippen LogP contribution in [0.2, 0.25) is 0 Å². The minimum atomic E-state index is 0.769. The molecule has 0 saturated heterocycles. The smallest absolute Gasteiger partial charge is 0.163 e. The van der Waals surface area contributed by atoms with Gasteiger partial charge in [0.1, 0.15) is 11.6 Å². The van der Waals surface area contributed by atoms with Crippen molar-refractivity contribution >= 4 is 11.6 Å². The zero-order chi connectivity index (χ0) is 13.2. The fourth-order valence-electron chi connectivity index (χ4n) is 2.54. The highest BCUT2D eigenvalue weighted by Gasteiger charge is 2.13. The van der Waals surface area contributed by atoms with Crippen molar-refractivity contribution in [2.75, 3.05) is 24.7 Å². The van der Waals surface area contributed by atoms with Gasteiger partial charge in [0.05, 0.1) is 0 Å². The highest BCUT2D eigenvalue weighted by atomic mass is 15.1. The van der Waals surface area contributed by atoms with Crippen molar-refractivity contribution in [2.45, 2.75) is 19.3 Å². The Hall–Kier alpha value is -2.10. The van der Waals surface area contributed by atoms with Gasteiger partial charge in [0.2, 0.25) is 0 Å². The molecule has 0 atom stereocenters. The van der Waals surface area contributed by atoms with Crippen molar-refractivity contribution in [3.8, 4) is 11.4 Å². The molecule has 4 nitrogen and oxygen atoms in total. The summed E-state index contributed by atoms with van der Waals surface area (Å²) < 4.78 is 0. The Balaban J connectivity index is 2.05. The Labute approximate surface area is 113 Å². The van der Waals surface area contributed by atoms with Gasteiger partial charge in [-0.1, -0.05) is 12.1 Å². The van der Waals surface area contributed by atoms with E-state index in [2.05, 4.69) is 38.8 Å². The average Bonchev–Trinajstić information content (AvgIpc) is 2.94. The van der Waals surface area contributed by atoms with E-state index < -0.39 is 0 Å². The molecule has 1 aliphatic carbocycles. The van der Waals surface area contributed by atoms with E-state index in [9.17, 15) is 0 Å². The van der Waals surface area contributed by atoms with Gasteiger partial charge in [-0.15, -0.1) is 0 Å². The van der Waals surface area contributed by atoms with Gasteiger partial charge >= 0.3 is 0 Å². The SMILES string of the molecule is CNc1cc(NC)nc(-c2ccc3c(c2)CCC3)n1. The van der Waals surface area contributed by atoms with E-state index in [0.29, 0.717) is 0 Å². The molecule has 1 heterocycles. The van der Waals surface area contributed by atoms with E-state index in [4.69, 9.17) is 0 Å². The maximum atomic E-state index is 4.53. The molecule has 2 N–H and O–H groups in total. The number of anilines is 2. The van der Waals surface area contributed by atoms with Crippen LogP contribution in [0.25, 0.3) is 11.4 Å². The topological polar surface area (TPSA) is 49.8 Å². The Kier molecular flexibility index (Phi) is 3.07. The van der Waals surface area contributed by atoms with Crippen LogP contribution in [0.4, 0.5) is 11.6 Å². The minimum Gasteiger partial charge on any atom is -0.373 e. The molecule has 0 aliphatic heterocycles. The standard InChI is InChI=1S/C15H18N4/c1-16-13-9-14(17-2)19-15(18-13)12-7-6-10-4-3-5-11(10)8-12/h6-9H,3-5H2,1-2H3,(H2,16,17,18,19). The lowest BCUT2D eigenvalue weighted by Gasteiger charge is -2.08. The molecule has 0 bridgehead atoms. The largest absolute Gasteiger partial charge is 0.373 e. The zero-order valence-electron chi connectivity index (χ0n) is 11.3. The van der Waals surface area contributed by atoms with Gasteiger partial charge in [0.25, 0.3) is 0 Å². The van der Waals surface area contributed by atoms with E-state index in [1.165, 1.54) is 30.4 Å². The number of benzene rings is 1. The molecule has 1 aliphatic rings. The molecule has 1 aromatic heterocycles. The van der Waals surface area contributed by atoms with Crippen LogP contribution in [0.15, 0.2) is 24.3 Å². The molecule has 0 unspecified atom stereocenters. The normalized spacial score (nSPS) is 13.2. The summed E-state index contributed by atoms with van der Waals surface area (Å²) in [5.74, 6) is 2.43. The van der Waals surface area contributed by atoms with Crippen molar-refractivity contribution in [1.29, 1.82) is 0 Å². The highest BCUT2D eigenvalue weighted by molar-refractivity contribution is 5.63. The van der Waals surface area contributed by atoms with Crippen LogP contribution in [-0.2, 0) is 12.8 Å². The number of fused-ring (bicyclic) bond motifs is 1. The monoisotopic (exact) mass is 254 g/mol. The van der Waals surface area contributed by atoms with E-state index in [1.54, 1.807) is 0 Å². The molecular weight excluding hydrogens is 236 g/mol. The summed E-state index contributed by atoms with van der Waals surface area (Å²) >= 11 is 0. The molecule has 0 amide bonds. The van der Waals surface area contributed by atoms with Gasteiger partial charge in [-0.2, -0.15) is 0 Å². The van der Waals surface area contributed by atoms with Crippen molar-refractivity contribution in [3.63, 3.8) is 0 Å². The summed E-state index contributed by atoms with van der Waals surface area (Å²) in [4.78, 5) is 9.07. The first kappa shape index (κ1) is 12.0. The molecule has 4 heteroatoms. The third-order valence-corrected chi connectivity index (χ3v) is 3.60. The first-order valence-corrected chi connectivity index (χ1v) is 6.67. The van der Waals surface area contributed by atoms with E-state index in [1.807, 2.05) is 20.2 Å². The van der Waals surface area contributed by atoms with Gasteiger partial charge in [-0.25, -0.2) is 9.97 Å². The number of nitrogens with one attached hydrogen (secondary N) is 2. The van der Waals surface area contributed by atoms with Gasteiger partial charge in [0, 0.05) is 25.7 Å². The van der Waals surface area contributed by atoms with E-state index in [0.717, 1.165) is 23.0 Å². The molecule has 98 valence electrons. The summed E-state index contributed by atoms with van der Waals surface area (Å²) in [7, 11) is 3.74. The average molecular weight is 254 g/mol. The number of nitrogens with zero attached hydrogens (tertiary/aromatic N) is 2. The second-order valence-electron chi connectivity index (χ2n) is 4.80. The number of rotatable bonds is 3. The zero-order valence-corrected chi connectivity index (χ0v) is 11.3. The van der Waals surface area contributed by atoms with Crippen LogP contribution in [0.5, 0.6) is 0 Å². The van der Waals surface area contributed by atoms with Crippen molar-refractivity contribution in [2.24, 2.45) is 0 Å². The lowest BCUT2D eigenvalue weighted by Crippen LogP contribution is -2.01. The van der Waals surface area contributed by atoms with Gasteiger partial charge in [-0.3, -0.25) is 0 Å². The van der Waals surface area contributed by atoms with Crippen LogP contribution < -0.4 is 10.6 Å². The van der Waals surface area contributed by atoms with Crippen LogP contribution in [-0.4, -0.2) is 24.1 Å². The number of hydrogen-bond donors (Lipinski definition) is 2. The van der Waals surface area contributed by atoms with Crippen LogP contribution in [0.3, 0.4) is 0 Å². The molecular formula is C15H18N4. The summed E-state index contributed by atoms with van der Waals surface area (Å²) in [6.45, 7) is 0. The van der Waals surface area contributed by atoms with Crippen LogP contribution in [0, 0.1) is 0 Å². The fraction of sp³-hybridized carbons (Fsp3) is 0.333.